The fraction of sp³-hybridized carbons (Fsp3) is 0.263. The van der Waals surface area contributed by atoms with Gasteiger partial charge in [0.25, 0.3) is 5.91 Å². The normalized spacial score (nSPS) is 11.9. The Kier molecular flexibility index (Phi) is 6.20. The molecule has 2 aromatic heterocycles. The molecule has 0 saturated heterocycles. The Morgan fingerprint density at radius 3 is 2.68 bits per heavy atom. The minimum atomic E-state index is -0.577. The van der Waals surface area contributed by atoms with Crippen molar-refractivity contribution < 1.29 is 13.9 Å². The molecule has 1 atom stereocenters. The molecule has 0 N–H and O–H groups in total. The summed E-state index contributed by atoms with van der Waals surface area (Å²) in [5, 5.41) is 8.42. The van der Waals surface area contributed by atoms with E-state index in [0.717, 1.165) is 4.80 Å². The average Bonchev–Trinajstić information content (AvgIpc) is 3.22. The van der Waals surface area contributed by atoms with E-state index in [1.165, 1.54) is 30.7 Å². The molecule has 0 saturated carbocycles. The van der Waals surface area contributed by atoms with Crippen molar-refractivity contribution in [3.63, 3.8) is 0 Å². The molecular formula is C19H19ClFN5O2. The van der Waals surface area contributed by atoms with E-state index >= 15 is 0 Å². The van der Waals surface area contributed by atoms with E-state index in [0.29, 0.717) is 17.4 Å². The SMILES string of the molecule is CCN(C(=O)c1cccc(F)c1-n1nccn1)[C@@H](C)COc1ccc(Cl)cn1. The minimum absolute atomic E-state index is 0.0171. The Morgan fingerprint density at radius 2 is 2.04 bits per heavy atom. The highest BCUT2D eigenvalue weighted by molar-refractivity contribution is 6.30. The van der Waals surface area contributed by atoms with Crippen LogP contribution in [0.2, 0.25) is 5.02 Å². The maximum Gasteiger partial charge on any atom is 0.256 e. The number of hydrogen-bond donors (Lipinski definition) is 0. The molecule has 0 aliphatic carbocycles. The molecule has 0 spiro atoms. The number of rotatable bonds is 7. The van der Waals surface area contributed by atoms with Crippen LogP contribution in [0, 0.1) is 5.82 Å². The second kappa shape index (κ2) is 8.79. The number of likely N-dealkylation sites (N-methyl/N-ethyl adjacent to an activating group) is 1. The Morgan fingerprint density at radius 1 is 1.29 bits per heavy atom. The number of benzene rings is 1. The van der Waals surface area contributed by atoms with Crippen molar-refractivity contribution in [2.24, 2.45) is 0 Å². The zero-order chi connectivity index (χ0) is 20.1. The highest BCUT2D eigenvalue weighted by Crippen LogP contribution is 2.20. The van der Waals surface area contributed by atoms with Crippen molar-refractivity contribution in [1.29, 1.82) is 0 Å². The van der Waals surface area contributed by atoms with Crippen LogP contribution < -0.4 is 4.74 Å². The third-order valence-corrected chi connectivity index (χ3v) is 4.37. The lowest BCUT2D eigenvalue weighted by Gasteiger charge is -2.28. The molecule has 1 amide bonds. The van der Waals surface area contributed by atoms with Gasteiger partial charge in [0.2, 0.25) is 5.88 Å². The van der Waals surface area contributed by atoms with Gasteiger partial charge >= 0.3 is 0 Å². The molecule has 1 aromatic carbocycles. The third-order valence-electron chi connectivity index (χ3n) is 4.14. The van der Waals surface area contributed by atoms with Crippen molar-refractivity contribution in [3.8, 4) is 11.6 Å². The fourth-order valence-corrected chi connectivity index (χ4v) is 2.89. The molecule has 0 aliphatic heterocycles. The van der Waals surface area contributed by atoms with Crippen LogP contribution in [0.1, 0.15) is 24.2 Å². The van der Waals surface area contributed by atoms with E-state index in [2.05, 4.69) is 15.2 Å². The standard InChI is InChI=1S/C19H19ClFN5O2/c1-3-25(13(2)12-28-17-8-7-14(20)11-22-17)19(27)15-5-4-6-16(21)18(15)26-23-9-10-24-26/h4-11,13H,3,12H2,1-2H3/t13-/m0/s1. The quantitative estimate of drug-likeness (QED) is 0.604. The number of nitrogens with zero attached hydrogens (tertiary/aromatic N) is 5. The zero-order valence-corrected chi connectivity index (χ0v) is 16.2. The van der Waals surface area contributed by atoms with Crippen molar-refractivity contribution in [2.75, 3.05) is 13.2 Å². The summed E-state index contributed by atoms with van der Waals surface area (Å²) in [7, 11) is 0. The summed E-state index contributed by atoms with van der Waals surface area (Å²) < 4.78 is 20.1. The number of carbonyl (C=O) groups is 1. The lowest BCUT2D eigenvalue weighted by Crippen LogP contribution is -2.42. The van der Waals surface area contributed by atoms with Gasteiger partial charge in [0.15, 0.2) is 5.82 Å². The molecule has 3 rings (SSSR count). The largest absolute Gasteiger partial charge is 0.475 e. The monoisotopic (exact) mass is 403 g/mol. The Bertz CT molecular complexity index is 934. The molecule has 28 heavy (non-hydrogen) atoms. The smallest absolute Gasteiger partial charge is 0.256 e. The number of pyridine rings is 1. The Labute approximate surface area is 166 Å². The number of para-hydroxylation sites is 1. The molecule has 9 heteroatoms. The number of ether oxygens (including phenoxy) is 1. The fourth-order valence-electron chi connectivity index (χ4n) is 2.78. The summed E-state index contributed by atoms with van der Waals surface area (Å²) in [4.78, 5) is 19.9. The maximum absolute atomic E-state index is 14.4. The summed E-state index contributed by atoms with van der Waals surface area (Å²) in [6.07, 6.45) is 4.34. The molecule has 0 aliphatic rings. The summed E-state index contributed by atoms with van der Waals surface area (Å²) in [5.41, 5.74) is 0.193. The Balaban J connectivity index is 1.80. The molecule has 146 valence electrons. The van der Waals surface area contributed by atoms with Gasteiger partial charge in [-0.05, 0) is 32.0 Å². The van der Waals surface area contributed by atoms with E-state index in [1.54, 1.807) is 23.1 Å². The second-order valence-corrected chi connectivity index (χ2v) is 6.46. The first-order valence-electron chi connectivity index (χ1n) is 8.71. The second-order valence-electron chi connectivity index (χ2n) is 6.02. The van der Waals surface area contributed by atoms with Crippen molar-refractivity contribution in [3.05, 3.63) is 65.3 Å². The topological polar surface area (TPSA) is 73.1 Å². The lowest BCUT2D eigenvalue weighted by molar-refractivity contribution is 0.0645. The number of hydrogen-bond acceptors (Lipinski definition) is 5. The van der Waals surface area contributed by atoms with Gasteiger partial charge in [-0.2, -0.15) is 10.2 Å². The van der Waals surface area contributed by atoms with E-state index in [9.17, 15) is 9.18 Å². The van der Waals surface area contributed by atoms with Crippen LogP contribution in [-0.4, -0.2) is 50.0 Å². The van der Waals surface area contributed by atoms with E-state index < -0.39 is 5.82 Å². The van der Waals surface area contributed by atoms with Gasteiger partial charge in [0.1, 0.15) is 12.3 Å². The van der Waals surface area contributed by atoms with Gasteiger partial charge in [-0.25, -0.2) is 9.37 Å². The van der Waals surface area contributed by atoms with E-state index in [-0.39, 0.29) is 29.8 Å². The number of halogens is 2. The van der Waals surface area contributed by atoms with Crippen LogP contribution in [-0.2, 0) is 0 Å². The first-order chi connectivity index (χ1) is 13.5. The van der Waals surface area contributed by atoms with Crippen molar-refractivity contribution >= 4 is 17.5 Å². The number of amides is 1. The van der Waals surface area contributed by atoms with Gasteiger partial charge in [-0.1, -0.05) is 17.7 Å². The number of carbonyl (C=O) groups excluding carboxylic acids is 1. The van der Waals surface area contributed by atoms with Gasteiger partial charge in [0.05, 0.1) is 29.0 Å². The summed E-state index contributed by atoms with van der Waals surface area (Å²) >= 11 is 5.81. The first-order valence-corrected chi connectivity index (χ1v) is 9.09. The van der Waals surface area contributed by atoms with Gasteiger partial charge in [-0.3, -0.25) is 4.79 Å². The van der Waals surface area contributed by atoms with E-state index in [1.807, 2.05) is 13.8 Å². The van der Waals surface area contributed by atoms with Crippen LogP contribution in [0.25, 0.3) is 5.69 Å². The molecule has 3 aromatic rings. The van der Waals surface area contributed by atoms with E-state index in [4.69, 9.17) is 16.3 Å². The third kappa shape index (κ3) is 4.28. The van der Waals surface area contributed by atoms with Gasteiger partial charge in [0, 0.05) is 18.8 Å². The lowest BCUT2D eigenvalue weighted by atomic mass is 10.1. The van der Waals surface area contributed by atoms with Crippen LogP contribution >= 0.6 is 11.6 Å². The number of aromatic nitrogens is 4. The predicted octanol–water partition coefficient (Wildman–Crippen LogP) is 3.38. The molecule has 0 bridgehead atoms. The van der Waals surface area contributed by atoms with Crippen molar-refractivity contribution in [1.82, 2.24) is 24.9 Å². The molecule has 0 radical (unpaired) electrons. The van der Waals surface area contributed by atoms with Crippen LogP contribution in [0.4, 0.5) is 4.39 Å². The zero-order valence-electron chi connectivity index (χ0n) is 15.4. The average molecular weight is 404 g/mol. The molecule has 2 heterocycles. The molecule has 0 fully saturated rings. The van der Waals surface area contributed by atoms with Crippen LogP contribution in [0.15, 0.2) is 48.9 Å². The van der Waals surface area contributed by atoms with Gasteiger partial charge in [-0.15, -0.1) is 4.80 Å². The summed E-state index contributed by atoms with van der Waals surface area (Å²) in [5.74, 6) is -0.506. The molecule has 0 unspecified atom stereocenters. The van der Waals surface area contributed by atoms with Crippen LogP contribution in [0.3, 0.4) is 0 Å². The molecule has 7 nitrogen and oxygen atoms in total. The van der Waals surface area contributed by atoms with Crippen molar-refractivity contribution in [2.45, 2.75) is 19.9 Å². The highest BCUT2D eigenvalue weighted by Gasteiger charge is 2.25. The highest BCUT2D eigenvalue weighted by atomic mass is 35.5. The summed E-state index contributed by atoms with van der Waals surface area (Å²) in [6.45, 7) is 4.33. The molecular weight excluding hydrogens is 385 g/mol. The minimum Gasteiger partial charge on any atom is -0.475 e. The maximum atomic E-state index is 14.4. The first kappa shape index (κ1) is 19.8. The van der Waals surface area contributed by atoms with Crippen LogP contribution in [0.5, 0.6) is 5.88 Å². The predicted molar refractivity (Wildman–Crippen MR) is 102 cm³/mol. The van der Waals surface area contributed by atoms with Gasteiger partial charge < -0.3 is 9.64 Å². The summed E-state index contributed by atoms with van der Waals surface area (Å²) in [6, 6.07) is 7.36. The Hall–Kier alpha value is -3.00.